The Balaban J connectivity index is 2.40. The van der Waals surface area contributed by atoms with Gasteiger partial charge in [-0.3, -0.25) is 0 Å². The maximum Gasteiger partial charge on any atom is 0.0858 e. The molecule has 0 fully saturated rings. The summed E-state index contributed by atoms with van der Waals surface area (Å²) in [6.45, 7) is 0.663. The van der Waals surface area contributed by atoms with Crippen LogP contribution in [0.4, 0.5) is 0 Å². The lowest BCUT2D eigenvalue weighted by atomic mass is 10.4. The molecule has 56 valence electrons. The highest BCUT2D eigenvalue weighted by Gasteiger charge is 2.00. The minimum Gasteiger partial charge on any atom is -0.390 e. The van der Waals surface area contributed by atoms with E-state index in [1.807, 2.05) is 0 Å². The van der Waals surface area contributed by atoms with Crippen LogP contribution in [0.25, 0.3) is 0 Å². The number of nitrogens with zero attached hydrogens (tertiary/aromatic N) is 3. The fraction of sp³-hybridized carbons (Fsp3) is 0.600. The van der Waals surface area contributed by atoms with Gasteiger partial charge >= 0.3 is 0 Å². The van der Waals surface area contributed by atoms with Gasteiger partial charge in [-0.15, -0.1) is 5.10 Å². The summed E-state index contributed by atoms with van der Waals surface area (Å²) in [5, 5.41) is 16.2. The van der Waals surface area contributed by atoms with E-state index in [4.69, 9.17) is 10.8 Å². The van der Waals surface area contributed by atoms with Crippen molar-refractivity contribution in [3.8, 4) is 0 Å². The van der Waals surface area contributed by atoms with E-state index in [2.05, 4.69) is 10.3 Å². The van der Waals surface area contributed by atoms with Crippen LogP contribution >= 0.6 is 0 Å². The van der Waals surface area contributed by atoms with Gasteiger partial charge in [0.25, 0.3) is 0 Å². The van der Waals surface area contributed by atoms with Gasteiger partial charge in [0, 0.05) is 12.7 Å². The van der Waals surface area contributed by atoms with E-state index in [1.165, 1.54) is 4.68 Å². The molecule has 5 heteroatoms. The van der Waals surface area contributed by atoms with Crippen LogP contribution in [-0.4, -0.2) is 32.7 Å². The molecule has 0 bridgehead atoms. The number of rotatable bonds is 3. The maximum absolute atomic E-state index is 9.02. The fourth-order valence-electron chi connectivity index (χ4n) is 0.621. The van der Waals surface area contributed by atoms with Crippen molar-refractivity contribution in [3.05, 3.63) is 12.4 Å². The van der Waals surface area contributed by atoms with Crippen LogP contribution in [0.5, 0.6) is 0 Å². The van der Waals surface area contributed by atoms with Gasteiger partial charge in [0.15, 0.2) is 0 Å². The largest absolute Gasteiger partial charge is 0.390 e. The minimum atomic E-state index is -0.526. The molecule has 0 saturated carbocycles. The Bertz CT molecular complexity index is 174. The molecule has 0 spiro atoms. The third kappa shape index (κ3) is 1.78. The van der Waals surface area contributed by atoms with Crippen molar-refractivity contribution < 1.29 is 5.11 Å². The van der Waals surface area contributed by atoms with Gasteiger partial charge in [-0.05, 0) is 0 Å². The predicted octanol–water partition coefficient (Wildman–Crippen LogP) is -1.40. The van der Waals surface area contributed by atoms with Gasteiger partial charge in [-0.2, -0.15) is 0 Å². The van der Waals surface area contributed by atoms with Crippen LogP contribution in [0.2, 0.25) is 0 Å². The number of hydrogen-bond donors (Lipinski definition) is 2. The average Bonchev–Trinajstić information content (AvgIpc) is 2.40. The molecule has 1 aromatic rings. The molecule has 0 aromatic carbocycles. The Labute approximate surface area is 58.5 Å². The highest BCUT2D eigenvalue weighted by molar-refractivity contribution is 4.66. The van der Waals surface area contributed by atoms with E-state index >= 15 is 0 Å². The predicted molar refractivity (Wildman–Crippen MR) is 35.1 cm³/mol. The third-order valence-electron chi connectivity index (χ3n) is 1.14. The molecule has 0 unspecified atom stereocenters. The molecule has 1 rings (SSSR count). The topological polar surface area (TPSA) is 77.0 Å². The van der Waals surface area contributed by atoms with Crippen LogP contribution < -0.4 is 5.73 Å². The molecule has 0 radical (unpaired) electrons. The molecule has 0 amide bonds. The van der Waals surface area contributed by atoms with Crippen LogP contribution in [0.3, 0.4) is 0 Å². The molecule has 5 nitrogen and oxygen atoms in total. The molecule has 0 aliphatic carbocycles. The van der Waals surface area contributed by atoms with Crippen LogP contribution in [0.15, 0.2) is 12.4 Å². The number of aliphatic hydroxyl groups is 1. The van der Waals surface area contributed by atoms with Crippen molar-refractivity contribution >= 4 is 0 Å². The second-order valence-corrected chi connectivity index (χ2v) is 2.01. The number of aliphatic hydroxyl groups excluding tert-OH is 1. The zero-order chi connectivity index (χ0) is 7.40. The average molecular weight is 142 g/mol. The Kier molecular flexibility index (Phi) is 2.35. The van der Waals surface area contributed by atoms with Crippen molar-refractivity contribution in [1.82, 2.24) is 15.0 Å². The molecule has 0 aliphatic heterocycles. The summed E-state index contributed by atoms with van der Waals surface area (Å²) in [5.41, 5.74) is 5.18. The summed E-state index contributed by atoms with van der Waals surface area (Å²) < 4.78 is 1.54. The Morgan fingerprint density at radius 3 is 3.00 bits per heavy atom. The van der Waals surface area contributed by atoms with Crippen LogP contribution in [0, 0.1) is 0 Å². The van der Waals surface area contributed by atoms with Crippen molar-refractivity contribution in [2.45, 2.75) is 12.6 Å². The van der Waals surface area contributed by atoms with Gasteiger partial charge in [0.2, 0.25) is 0 Å². The summed E-state index contributed by atoms with van der Waals surface area (Å²) in [4.78, 5) is 0. The zero-order valence-corrected chi connectivity index (χ0v) is 5.51. The SMILES string of the molecule is NC[C@H](O)Cn1ccnn1. The smallest absolute Gasteiger partial charge is 0.0858 e. The first-order chi connectivity index (χ1) is 4.83. The lowest BCUT2D eigenvalue weighted by Crippen LogP contribution is -2.25. The van der Waals surface area contributed by atoms with E-state index in [9.17, 15) is 0 Å². The fourth-order valence-corrected chi connectivity index (χ4v) is 0.621. The van der Waals surface area contributed by atoms with Gasteiger partial charge in [-0.25, -0.2) is 4.68 Å². The normalized spacial score (nSPS) is 13.4. The molecule has 0 aliphatic rings. The van der Waals surface area contributed by atoms with E-state index in [0.717, 1.165) is 0 Å². The van der Waals surface area contributed by atoms with E-state index in [-0.39, 0.29) is 6.54 Å². The van der Waals surface area contributed by atoms with Gasteiger partial charge in [0.1, 0.15) is 0 Å². The van der Waals surface area contributed by atoms with Gasteiger partial charge < -0.3 is 10.8 Å². The Morgan fingerprint density at radius 1 is 1.70 bits per heavy atom. The molecule has 3 N–H and O–H groups in total. The molecular weight excluding hydrogens is 132 g/mol. The van der Waals surface area contributed by atoms with E-state index in [1.54, 1.807) is 12.4 Å². The first-order valence-corrected chi connectivity index (χ1v) is 3.05. The highest BCUT2D eigenvalue weighted by atomic mass is 16.3. The number of aromatic nitrogens is 3. The van der Waals surface area contributed by atoms with Crippen molar-refractivity contribution in [3.63, 3.8) is 0 Å². The Morgan fingerprint density at radius 2 is 2.50 bits per heavy atom. The molecule has 10 heavy (non-hydrogen) atoms. The zero-order valence-electron chi connectivity index (χ0n) is 5.51. The third-order valence-corrected chi connectivity index (χ3v) is 1.14. The minimum absolute atomic E-state index is 0.250. The highest BCUT2D eigenvalue weighted by Crippen LogP contribution is 1.85. The van der Waals surface area contributed by atoms with E-state index < -0.39 is 6.10 Å². The second-order valence-electron chi connectivity index (χ2n) is 2.01. The second kappa shape index (κ2) is 3.28. The quantitative estimate of drug-likeness (QED) is 0.544. The monoisotopic (exact) mass is 142 g/mol. The molecule has 0 saturated heterocycles. The summed E-state index contributed by atoms with van der Waals surface area (Å²) in [5.74, 6) is 0. The Hall–Kier alpha value is -0.940. The molecular formula is C5H10N4O. The molecule has 1 aromatic heterocycles. The van der Waals surface area contributed by atoms with Gasteiger partial charge in [0.05, 0.1) is 18.8 Å². The van der Waals surface area contributed by atoms with Crippen LogP contribution in [-0.2, 0) is 6.54 Å². The maximum atomic E-state index is 9.02. The van der Waals surface area contributed by atoms with E-state index in [0.29, 0.717) is 6.54 Å². The summed E-state index contributed by atoms with van der Waals surface area (Å²) >= 11 is 0. The summed E-state index contributed by atoms with van der Waals surface area (Å²) in [6, 6.07) is 0. The first-order valence-electron chi connectivity index (χ1n) is 3.05. The summed E-state index contributed by atoms with van der Waals surface area (Å²) in [7, 11) is 0. The standard InChI is InChI=1S/C5H10N4O/c6-3-5(10)4-9-2-1-7-8-9/h1-2,5,10H,3-4,6H2/t5-/m0/s1. The molecule has 1 atom stereocenters. The first kappa shape index (κ1) is 7.17. The van der Waals surface area contributed by atoms with Crippen molar-refractivity contribution in [2.24, 2.45) is 5.73 Å². The van der Waals surface area contributed by atoms with Crippen molar-refractivity contribution in [2.75, 3.05) is 6.54 Å². The molecule has 1 heterocycles. The van der Waals surface area contributed by atoms with Crippen LogP contribution in [0.1, 0.15) is 0 Å². The number of nitrogens with two attached hydrogens (primary N) is 1. The van der Waals surface area contributed by atoms with Crippen molar-refractivity contribution in [1.29, 1.82) is 0 Å². The lowest BCUT2D eigenvalue weighted by molar-refractivity contribution is 0.156. The lowest BCUT2D eigenvalue weighted by Gasteiger charge is -2.05. The van der Waals surface area contributed by atoms with Gasteiger partial charge in [-0.1, -0.05) is 5.21 Å². The number of hydrogen-bond acceptors (Lipinski definition) is 4. The summed E-state index contributed by atoms with van der Waals surface area (Å²) in [6.07, 6.45) is 2.71.